The zero-order valence-corrected chi connectivity index (χ0v) is 10.2. The van der Waals surface area contributed by atoms with Crippen molar-refractivity contribution >= 4 is 11.9 Å². The maximum Gasteiger partial charge on any atom is 0.454 e. The maximum absolute atomic E-state index is 12.3. The average Bonchev–Trinajstić information content (AvgIpc) is 2.72. The molecular formula is C14H11F3O3. The van der Waals surface area contributed by atoms with Crippen LogP contribution in [0, 0.1) is 0 Å². The third kappa shape index (κ3) is 2.84. The van der Waals surface area contributed by atoms with Gasteiger partial charge in [0.15, 0.2) is 0 Å². The number of aliphatic hydroxyl groups is 1. The summed E-state index contributed by atoms with van der Waals surface area (Å²) in [6.45, 7) is 0. The Morgan fingerprint density at radius 3 is 2.25 bits per heavy atom. The van der Waals surface area contributed by atoms with Gasteiger partial charge in [0, 0.05) is 5.57 Å². The number of hydrogen-bond acceptors (Lipinski definition) is 3. The van der Waals surface area contributed by atoms with Gasteiger partial charge < -0.3 is 10.2 Å². The number of halogens is 3. The number of phenolic OH excluding ortho intramolecular Hbond substituents is 1. The zero-order valence-electron chi connectivity index (χ0n) is 10.2. The summed E-state index contributed by atoms with van der Waals surface area (Å²) < 4.78 is 37.0. The molecule has 106 valence electrons. The van der Waals surface area contributed by atoms with Crippen LogP contribution in [0.15, 0.2) is 41.2 Å². The summed E-state index contributed by atoms with van der Waals surface area (Å²) in [7, 11) is 0. The second-order valence-corrected chi connectivity index (χ2v) is 4.42. The Hall–Kier alpha value is -2.24. The number of ketones is 1. The summed E-state index contributed by atoms with van der Waals surface area (Å²) in [5.74, 6) is -2.53. The minimum atomic E-state index is -4.97. The van der Waals surface area contributed by atoms with Crippen molar-refractivity contribution in [1.82, 2.24) is 0 Å². The van der Waals surface area contributed by atoms with E-state index >= 15 is 0 Å². The number of hydrogen-bond donors (Lipinski definition) is 2. The van der Waals surface area contributed by atoms with Gasteiger partial charge in [-0.25, -0.2) is 0 Å². The van der Waals surface area contributed by atoms with E-state index in [9.17, 15) is 23.1 Å². The summed E-state index contributed by atoms with van der Waals surface area (Å²) in [6.07, 6.45) is -3.44. The van der Waals surface area contributed by atoms with Crippen molar-refractivity contribution < 1.29 is 28.2 Å². The normalized spacial score (nSPS) is 17.9. The number of allylic oxidation sites excluding steroid dienone is 2. The molecule has 3 nitrogen and oxygen atoms in total. The standard InChI is InChI=1S/C14H11F3O3/c15-14(16,17)13(20)11-6-3-9(12(11)19)7-8-1-4-10(18)5-2-8/h1-2,4-5,7,18-19H,3,6H2/b9-7+. The van der Waals surface area contributed by atoms with E-state index in [-0.39, 0.29) is 24.2 Å². The Morgan fingerprint density at radius 2 is 1.70 bits per heavy atom. The monoisotopic (exact) mass is 284 g/mol. The van der Waals surface area contributed by atoms with Crippen molar-refractivity contribution in [2.45, 2.75) is 19.0 Å². The minimum absolute atomic E-state index is 0.0614. The lowest BCUT2D eigenvalue weighted by Crippen LogP contribution is -2.24. The van der Waals surface area contributed by atoms with Gasteiger partial charge in [-0.15, -0.1) is 0 Å². The molecule has 0 heterocycles. The first-order valence-electron chi connectivity index (χ1n) is 5.82. The van der Waals surface area contributed by atoms with Crippen LogP contribution in [0.1, 0.15) is 18.4 Å². The molecule has 0 amide bonds. The highest BCUT2D eigenvalue weighted by molar-refractivity contribution is 6.01. The Balaban J connectivity index is 2.30. The van der Waals surface area contributed by atoms with E-state index < -0.39 is 23.3 Å². The molecule has 0 bridgehead atoms. The quantitative estimate of drug-likeness (QED) is 0.873. The van der Waals surface area contributed by atoms with Gasteiger partial charge in [0.05, 0.1) is 0 Å². The summed E-state index contributed by atoms with van der Waals surface area (Å²) in [5, 5.41) is 18.9. The fourth-order valence-corrected chi connectivity index (χ4v) is 1.99. The van der Waals surface area contributed by atoms with E-state index in [2.05, 4.69) is 0 Å². The van der Waals surface area contributed by atoms with Crippen LogP contribution >= 0.6 is 0 Å². The zero-order chi connectivity index (χ0) is 14.9. The average molecular weight is 284 g/mol. The molecule has 20 heavy (non-hydrogen) atoms. The van der Waals surface area contributed by atoms with Gasteiger partial charge in [-0.3, -0.25) is 4.79 Å². The van der Waals surface area contributed by atoms with E-state index in [4.69, 9.17) is 5.11 Å². The van der Waals surface area contributed by atoms with Crippen LogP contribution in [0.2, 0.25) is 0 Å². The van der Waals surface area contributed by atoms with Crippen LogP contribution in [0.25, 0.3) is 6.08 Å². The molecule has 0 radical (unpaired) electrons. The van der Waals surface area contributed by atoms with E-state index in [1.54, 1.807) is 12.1 Å². The lowest BCUT2D eigenvalue weighted by molar-refractivity contribution is -0.166. The molecule has 1 aromatic rings. The van der Waals surface area contributed by atoms with Crippen LogP contribution in [-0.2, 0) is 4.79 Å². The third-order valence-electron chi connectivity index (χ3n) is 3.00. The molecule has 0 spiro atoms. The van der Waals surface area contributed by atoms with E-state index in [1.165, 1.54) is 18.2 Å². The number of carbonyl (C=O) groups excluding carboxylic acids is 1. The van der Waals surface area contributed by atoms with Gasteiger partial charge in [0.1, 0.15) is 11.5 Å². The molecule has 6 heteroatoms. The fraction of sp³-hybridized carbons (Fsp3) is 0.214. The Labute approximate surface area is 112 Å². The molecule has 1 aromatic carbocycles. The summed E-state index contributed by atoms with van der Waals surface area (Å²) in [5.41, 5.74) is 0.302. The molecule has 1 aliphatic rings. The maximum atomic E-state index is 12.3. The number of Topliss-reactive ketones (excluding diaryl/α,β-unsaturated/α-hetero) is 1. The number of carbonyl (C=O) groups is 1. The van der Waals surface area contributed by atoms with Crippen LogP contribution in [0.4, 0.5) is 13.2 Å². The minimum Gasteiger partial charge on any atom is -0.508 e. The molecule has 0 saturated carbocycles. The number of phenols is 1. The van der Waals surface area contributed by atoms with Gasteiger partial charge in [-0.2, -0.15) is 13.2 Å². The highest BCUT2D eigenvalue weighted by Gasteiger charge is 2.43. The molecule has 0 aliphatic heterocycles. The van der Waals surface area contributed by atoms with Gasteiger partial charge in [-0.1, -0.05) is 12.1 Å². The summed E-state index contributed by atoms with van der Waals surface area (Å²) >= 11 is 0. The van der Waals surface area contributed by atoms with E-state index in [0.29, 0.717) is 5.56 Å². The van der Waals surface area contributed by atoms with Crippen LogP contribution in [-0.4, -0.2) is 22.2 Å². The molecule has 1 aliphatic carbocycles. The van der Waals surface area contributed by atoms with Crippen LogP contribution in [0.5, 0.6) is 5.75 Å². The van der Waals surface area contributed by atoms with Crippen molar-refractivity contribution in [2.75, 3.05) is 0 Å². The van der Waals surface area contributed by atoms with Crippen molar-refractivity contribution in [3.63, 3.8) is 0 Å². The van der Waals surface area contributed by atoms with Gasteiger partial charge in [-0.05, 0) is 42.2 Å². The Bertz CT molecular complexity index is 595. The smallest absolute Gasteiger partial charge is 0.454 e. The topological polar surface area (TPSA) is 57.5 Å². The number of benzene rings is 1. The lowest BCUT2D eigenvalue weighted by atomic mass is 10.1. The largest absolute Gasteiger partial charge is 0.508 e. The molecule has 2 N–H and O–H groups in total. The first kappa shape index (κ1) is 14.2. The summed E-state index contributed by atoms with van der Waals surface area (Å²) in [6, 6.07) is 5.95. The van der Waals surface area contributed by atoms with Crippen molar-refractivity contribution in [3.05, 3.63) is 46.7 Å². The first-order chi connectivity index (χ1) is 9.29. The molecule has 2 rings (SSSR count). The molecular weight excluding hydrogens is 273 g/mol. The fourth-order valence-electron chi connectivity index (χ4n) is 1.99. The predicted octanol–water partition coefficient (Wildman–Crippen LogP) is 3.51. The highest BCUT2D eigenvalue weighted by Crippen LogP contribution is 2.35. The molecule has 0 atom stereocenters. The van der Waals surface area contributed by atoms with Crippen LogP contribution < -0.4 is 0 Å². The summed E-state index contributed by atoms with van der Waals surface area (Å²) in [4.78, 5) is 11.1. The molecule has 0 saturated heterocycles. The van der Waals surface area contributed by atoms with E-state index in [0.717, 1.165) is 0 Å². The van der Waals surface area contributed by atoms with Crippen molar-refractivity contribution in [1.29, 1.82) is 0 Å². The molecule has 0 aromatic heterocycles. The number of alkyl halides is 3. The first-order valence-corrected chi connectivity index (χ1v) is 5.82. The van der Waals surface area contributed by atoms with Crippen molar-refractivity contribution in [3.8, 4) is 5.75 Å². The SMILES string of the molecule is O=C(C1=C(O)/C(=C/c2ccc(O)cc2)CC1)C(F)(F)F. The van der Waals surface area contributed by atoms with Gasteiger partial charge in [0.2, 0.25) is 0 Å². The number of aliphatic hydroxyl groups excluding tert-OH is 1. The van der Waals surface area contributed by atoms with Crippen LogP contribution in [0.3, 0.4) is 0 Å². The highest BCUT2D eigenvalue weighted by atomic mass is 19.4. The van der Waals surface area contributed by atoms with Gasteiger partial charge in [0.25, 0.3) is 5.78 Å². The number of aromatic hydroxyl groups is 1. The predicted molar refractivity (Wildman–Crippen MR) is 66.0 cm³/mol. The number of rotatable bonds is 2. The molecule has 0 fully saturated rings. The Kier molecular flexibility index (Phi) is 3.57. The second-order valence-electron chi connectivity index (χ2n) is 4.42. The van der Waals surface area contributed by atoms with Gasteiger partial charge >= 0.3 is 6.18 Å². The van der Waals surface area contributed by atoms with Crippen molar-refractivity contribution in [2.24, 2.45) is 0 Å². The second kappa shape index (κ2) is 5.03. The third-order valence-corrected chi connectivity index (χ3v) is 3.00. The van der Waals surface area contributed by atoms with E-state index in [1.807, 2.05) is 0 Å². The lowest BCUT2D eigenvalue weighted by Gasteiger charge is -2.05. The molecule has 0 unspecified atom stereocenters. The Morgan fingerprint density at radius 1 is 1.10 bits per heavy atom.